The number of hydrogen-bond donors (Lipinski definition) is 1. The average Bonchev–Trinajstić information content (AvgIpc) is 2.63. The van der Waals surface area contributed by atoms with E-state index < -0.39 is 0 Å². The van der Waals surface area contributed by atoms with Gasteiger partial charge in [-0.1, -0.05) is 0 Å². The van der Waals surface area contributed by atoms with E-state index in [-0.39, 0.29) is 5.82 Å². The zero-order chi connectivity index (χ0) is 11.5. The van der Waals surface area contributed by atoms with Crippen molar-refractivity contribution in [2.24, 2.45) is 5.73 Å². The Morgan fingerprint density at radius 1 is 1.38 bits per heavy atom. The molecule has 1 heterocycles. The summed E-state index contributed by atoms with van der Waals surface area (Å²) in [5, 5.41) is 7.91. The van der Waals surface area contributed by atoms with E-state index in [2.05, 4.69) is 10.2 Å². The predicted molar refractivity (Wildman–Crippen MR) is 57.4 cm³/mol. The van der Waals surface area contributed by atoms with E-state index in [4.69, 9.17) is 10.2 Å². The number of hydrogen-bond acceptors (Lipinski definition) is 5. The van der Waals surface area contributed by atoms with Crippen molar-refractivity contribution in [2.75, 3.05) is 0 Å². The third-order valence-electron chi connectivity index (χ3n) is 1.88. The van der Waals surface area contributed by atoms with Crippen molar-refractivity contribution in [2.45, 2.75) is 23.6 Å². The van der Waals surface area contributed by atoms with Crippen molar-refractivity contribution in [1.29, 1.82) is 0 Å². The molecule has 2 N–H and O–H groups in total. The first-order valence-corrected chi connectivity index (χ1v) is 5.46. The normalized spacial score (nSPS) is 10.7. The molecular formula is C10H10FN3OS. The van der Waals surface area contributed by atoms with Crippen LogP contribution >= 0.6 is 11.8 Å². The molecule has 0 unspecified atom stereocenters. The molecular weight excluding hydrogens is 229 g/mol. The van der Waals surface area contributed by atoms with Gasteiger partial charge in [-0.3, -0.25) is 0 Å². The van der Waals surface area contributed by atoms with E-state index in [1.54, 1.807) is 13.0 Å². The number of aryl methyl sites for hydroxylation is 1. The van der Waals surface area contributed by atoms with Crippen molar-refractivity contribution in [1.82, 2.24) is 10.2 Å². The molecule has 0 spiro atoms. The van der Waals surface area contributed by atoms with Crippen molar-refractivity contribution in [3.63, 3.8) is 0 Å². The molecule has 84 valence electrons. The topological polar surface area (TPSA) is 64.9 Å². The van der Waals surface area contributed by atoms with Crippen LogP contribution in [-0.4, -0.2) is 10.2 Å². The summed E-state index contributed by atoms with van der Waals surface area (Å²) in [6.45, 7) is 2.00. The van der Waals surface area contributed by atoms with Gasteiger partial charge in [0.25, 0.3) is 5.22 Å². The van der Waals surface area contributed by atoms with Gasteiger partial charge in [-0.25, -0.2) is 4.39 Å². The van der Waals surface area contributed by atoms with Crippen LogP contribution < -0.4 is 5.73 Å². The van der Waals surface area contributed by atoms with Crippen LogP contribution in [0.15, 0.2) is 32.7 Å². The van der Waals surface area contributed by atoms with Gasteiger partial charge >= 0.3 is 0 Å². The minimum atomic E-state index is -0.318. The molecule has 0 saturated heterocycles. The van der Waals surface area contributed by atoms with Crippen LogP contribution in [0.4, 0.5) is 4.39 Å². The summed E-state index contributed by atoms with van der Waals surface area (Å²) in [7, 11) is 0. The van der Waals surface area contributed by atoms with Gasteiger partial charge < -0.3 is 10.2 Å². The average molecular weight is 239 g/mol. The fourth-order valence-corrected chi connectivity index (χ4v) is 2.05. The summed E-state index contributed by atoms with van der Waals surface area (Å²) in [5.74, 6) is 0.166. The molecule has 0 atom stereocenters. The first kappa shape index (κ1) is 11.1. The van der Waals surface area contributed by atoms with Crippen molar-refractivity contribution in [3.05, 3.63) is 35.5 Å². The maximum atomic E-state index is 13.2. The number of aromatic nitrogens is 2. The second-order valence-electron chi connectivity index (χ2n) is 3.19. The minimum Gasteiger partial charge on any atom is -0.416 e. The Labute approximate surface area is 96.0 Å². The lowest BCUT2D eigenvalue weighted by atomic mass is 10.2. The summed E-state index contributed by atoms with van der Waals surface area (Å²) in [6, 6.07) is 4.61. The molecule has 16 heavy (non-hydrogen) atoms. The van der Waals surface area contributed by atoms with Gasteiger partial charge in [0.05, 0.1) is 0 Å². The Balaban J connectivity index is 2.24. The summed E-state index contributed by atoms with van der Waals surface area (Å²) in [5.41, 5.74) is 6.19. The molecule has 0 aliphatic rings. The van der Waals surface area contributed by atoms with Gasteiger partial charge in [-0.15, -0.1) is 10.2 Å². The Bertz CT molecular complexity index is 501. The highest BCUT2D eigenvalue weighted by Crippen LogP contribution is 2.27. The molecule has 0 amide bonds. The molecule has 0 aliphatic carbocycles. The Kier molecular flexibility index (Phi) is 3.21. The number of benzene rings is 1. The van der Waals surface area contributed by atoms with Crippen LogP contribution in [0.25, 0.3) is 0 Å². The van der Waals surface area contributed by atoms with Gasteiger partial charge in [0.2, 0.25) is 5.89 Å². The highest BCUT2D eigenvalue weighted by atomic mass is 32.2. The van der Waals surface area contributed by atoms with E-state index in [1.165, 1.54) is 23.9 Å². The van der Waals surface area contributed by atoms with Crippen molar-refractivity contribution in [3.8, 4) is 0 Å². The SMILES string of the molecule is Cc1nnc(Sc2cc(F)cc(CN)c2)o1. The molecule has 2 rings (SSSR count). The predicted octanol–water partition coefficient (Wildman–Crippen LogP) is 2.13. The zero-order valence-corrected chi connectivity index (χ0v) is 9.42. The second-order valence-corrected chi connectivity index (χ2v) is 4.21. The molecule has 6 heteroatoms. The summed E-state index contributed by atoms with van der Waals surface area (Å²) < 4.78 is 18.4. The zero-order valence-electron chi connectivity index (χ0n) is 8.61. The maximum Gasteiger partial charge on any atom is 0.281 e. The number of halogens is 1. The summed E-state index contributed by atoms with van der Waals surface area (Å²) >= 11 is 1.22. The molecule has 0 aliphatic heterocycles. The van der Waals surface area contributed by atoms with Crippen LogP contribution in [0.2, 0.25) is 0 Å². The highest BCUT2D eigenvalue weighted by Gasteiger charge is 2.07. The molecule has 1 aromatic heterocycles. The summed E-state index contributed by atoms with van der Waals surface area (Å²) in [4.78, 5) is 0.698. The Morgan fingerprint density at radius 2 is 2.19 bits per heavy atom. The largest absolute Gasteiger partial charge is 0.416 e. The fourth-order valence-electron chi connectivity index (χ4n) is 1.22. The lowest BCUT2D eigenvalue weighted by Crippen LogP contribution is -1.97. The molecule has 4 nitrogen and oxygen atoms in total. The van der Waals surface area contributed by atoms with E-state index in [0.717, 1.165) is 5.56 Å². The minimum absolute atomic E-state index is 0.300. The molecule has 0 radical (unpaired) electrons. The molecule has 0 bridgehead atoms. The second kappa shape index (κ2) is 4.63. The van der Waals surface area contributed by atoms with Gasteiger partial charge in [0.15, 0.2) is 0 Å². The van der Waals surface area contributed by atoms with Crippen LogP contribution in [0, 0.1) is 12.7 Å². The van der Waals surface area contributed by atoms with E-state index in [9.17, 15) is 4.39 Å². The van der Waals surface area contributed by atoms with E-state index in [0.29, 0.717) is 22.6 Å². The van der Waals surface area contributed by atoms with Gasteiger partial charge in [0, 0.05) is 18.4 Å². The van der Waals surface area contributed by atoms with Crippen LogP contribution in [0.1, 0.15) is 11.5 Å². The molecule has 2 aromatic rings. The lowest BCUT2D eigenvalue weighted by Gasteiger charge is -2.01. The van der Waals surface area contributed by atoms with Crippen LogP contribution in [0.5, 0.6) is 0 Å². The van der Waals surface area contributed by atoms with Gasteiger partial charge in [0.1, 0.15) is 5.82 Å². The van der Waals surface area contributed by atoms with Crippen LogP contribution in [-0.2, 0) is 6.54 Å². The van der Waals surface area contributed by atoms with Crippen molar-refractivity contribution >= 4 is 11.8 Å². The third kappa shape index (κ3) is 2.59. The lowest BCUT2D eigenvalue weighted by molar-refractivity contribution is 0.429. The van der Waals surface area contributed by atoms with E-state index >= 15 is 0 Å². The number of nitrogens with zero attached hydrogens (tertiary/aromatic N) is 2. The smallest absolute Gasteiger partial charge is 0.281 e. The van der Waals surface area contributed by atoms with Gasteiger partial charge in [-0.2, -0.15) is 0 Å². The Hall–Kier alpha value is -1.40. The third-order valence-corrected chi connectivity index (χ3v) is 2.69. The monoisotopic (exact) mass is 239 g/mol. The fraction of sp³-hybridized carbons (Fsp3) is 0.200. The summed E-state index contributed by atoms with van der Waals surface area (Å²) in [6.07, 6.45) is 0. The number of rotatable bonds is 3. The highest BCUT2D eigenvalue weighted by molar-refractivity contribution is 7.99. The standard InChI is InChI=1S/C10H10FN3OS/c1-6-13-14-10(15-6)16-9-3-7(5-12)2-8(11)4-9/h2-4H,5,12H2,1H3. The van der Waals surface area contributed by atoms with Crippen molar-refractivity contribution < 1.29 is 8.81 Å². The first-order chi connectivity index (χ1) is 7.67. The van der Waals surface area contributed by atoms with Gasteiger partial charge in [-0.05, 0) is 35.5 Å². The Morgan fingerprint density at radius 3 is 2.81 bits per heavy atom. The maximum absolute atomic E-state index is 13.2. The number of nitrogens with two attached hydrogens (primary N) is 1. The molecule has 0 saturated carbocycles. The quantitative estimate of drug-likeness (QED) is 0.888. The molecule has 0 fully saturated rings. The first-order valence-electron chi connectivity index (χ1n) is 4.65. The van der Waals surface area contributed by atoms with E-state index in [1.807, 2.05) is 0 Å². The van der Waals surface area contributed by atoms with Crippen LogP contribution in [0.3, 0.4) is 0 Å². The molecule has 1 aromatic carbocycles.